The lowest BCUT2D eigenvalue weighted by molar-refractivity contribution is 0.205. The molecule has 0 bridgehead atoms. The van der Waals surface area contributed by atoms with Gasteiger partial charge in [0.1, 0.15) is 5.52 Å². The summed E-state index contributed by atoms with van der Waals surface area (Å²) in [5.74, 6) is 0.212. The lowest BCUT2D eigenvalue weighted by Gasteiger charge is -2.30. The third-order valence-electron chi connectivity index (χ3n) is 5.76. The smallest absolute Gasteiger partial charge is 0.328 e. The van der Waals surface area contributed by atoms with Crippen LogP contribution >= 0.6 is 0 Å². The summed E-state index contributed by atoms with van der Waals surface area (Å²) in [6, 6.07) is 8.88. The summed E-state index contributed by atoms with van der Waals surface area (Å²) in [6.07, 6.45) is 4.01. The highest BCUT2D eigenvalue weighted by molar-refractivity contribution is 5.81. The number of rotatable bonds is 8. The number of unbranched alkanes of at least 4 members (excludes halogenated alkanes) is 1. The van der Waals surface area contributed by atoms with Gasteiger partial charge in [-0.25, -0.2) is 4.79 Å². The van der Waals surface area contributed by atoms with Gasteiger partial charge in [-0.3, -0.25) is 9.47 Å². The van der Waals surface area contributed by atoms with Gasteiger partial charge >= 0.3 is 11.7 Å². The number of ether oxygens (including phenoxy) is 1. The molecule has 0 aliphatic carbocycles. The summed E-state index contributed by atoms with van der Waals surface area (Å²) in [6.45, 7) is 5.99. The highest BCUT2D eigenvalue weighted by atomic mass is 16.5. The predicted octanol–water partition coefficient (Wildman–Crippen LogP) is 1.85. The molecule has 2 aromatic heterocycles. The Kier molecular flexibility index (Phi) is 6.53. The van der Waals surface area contributed by atoms with Crippen LogP contribution in [0.5, 0.6) is 6.01 Å². The molecule has 3 heterocycles. The fourth-order valence-electron chi connectivity index (χ4n) is 3.85. The lowest BCUT2D eigenvalue weighted by Crippen LogP contribution is -2.39. The standard InChI is InChI=1S/C22H31N7O2/c1-2-3-12-31-21-26-19(24)18-20(27-21)29(22(30)25-18)14-16-6-4-15(5-7-16)13-28-10-8-17(23)9-11-28/h4-7,17H,2-3,8-14,23H2,1H3,(H,25,30)(H2,24,26,27). The van der Waals surface area contributed by atoms with Gasteiger partial charge in [-0.1, -0.05) is 37.6 Å². The normalized spacial score (nSPS) is 15.5. The molecule has 0 unspecified atom stereocenters. The fraction of sp³-hybridized carbons (Fsp3) is 0.500. The van der Waals surface area contributed by atoms with Crippen LogP contribution in [0.1, 0.15) is 43.7 Å². The molecule has 9 heteroatoms. The van der Waals surface area contributed by atoms with Crippen molar-refractivity contribution < 1.29 is 4.74 Å². The fourth-order valence-corrected chi connectivity index (χ4v) is 3.85. The van der Waals surface area contributed by atoms with Gasteiger partial charge in [0.2, 0.25) is 0 Å². The van der Waals surface area contributed by atoms with Gasteiger partial charge in [0.25, 0.3) is 0 Å². The summed E-state index contributed by atoms with van der Waals surface area (Å²) in [4.78, 5) is 26.3. The molecule has 5 N–H and O–H groups in total. The Morgan fingerprint density at radius 2 is 1.81 bits per heavy atom. The van der Waals surface area contributed by atoms with Gasteiger partial charge in [-0.05, 0) is 43.5 Å². The number of nitrogen functional groups attached to an aromatic ring is 1. The Morgan fingerprint density at radius 3 is 2.48 bits per heavy atom. The molecule has 1 aromatic carbocycles. The number of nitrogens with one attached hydrogen (secondary N) is 1. The quantitative estimate of drug-likeness (QED) is 0.470. The number of hydrogen-bond donors (Lipinski definition) is 3. The number of likely N-dealkylation sites (tertiary alicyclic amines) is 1. The number of aromatic amines is 1. The van der Waals surface area contributed by atoms with Crippen LogP contribution in [0.25, 0.3) is 11.2 Å². The zero-order valence-electron chi connectivity index (χ0n) is 18.0. The van der Waals surface area contributed by atoms with Crippen molar-refractivity contribution in [3.8, 4) is 6.01 Å². The van der Waals surface area contributed by atoms with Gasteiger partial charge in [-0.2, -0.15) is 9.97 Å². The first-order valence-electron chi connectivity index (χ1n) is 11.0. The molecule has 0 saturated carbocycles. The Labute approximate surface area is 181 Å². The van der Waals surface area contributed by atoms with Gasteiger partial charge in [0, 0.05) is 12.6 Å². The Hall–Kier alpha value is -2.91. The molecule has 1 aliphatic rings. The summed E-state index contributed by atoms with van der Waals surface area (Å²) in [5, 5.41) is 0. The first kappa shape index (κ1) is 21.3. The van der Waals surface area contributed by atoms with Crippen molar-refractivity contribution in [2.24, 2.45) is 5.73 Å². The minimum absolute atomic E-state index is 0.197. The van der Waals surface area contributed by atoms with Crippen molar-refractivity contribution in [1.29, 1.82) is 0 Å². The Bertz CT molecular complexity index is 1070. The van der Waals surface area contributed by atoms with E-state index < -0.39 is 0 Å². The van der Waals surface area contributed by atoms with Crippen LogP contribution in [0.3, 0.4) is 0 Å². The molecule has 0 amide bonds. The second-order valence-electron chi connectivity index (χ2n) is 8.24. The van der Waals surface area contributed by atoms with Crippen molar-refractivity contribution in [3.05, 3.63) is 45.9 Å². The van der Waals surface area contributed by atoms with Crippen LogP contribution in [0.2, 0.25) is 0 Å². The van der Waals surface area contributed by atoms with Gasteiger partial charge in [-0.15, -0.1) is 0 Å². The van der Waals surface area contributed by atoms with E-state index in [2.05, 4.69) is 51.0 Å². The summed E-state index contributed by atoms with van der Waals surface area (Å²) in [5.41, 5.74) is 14.9. The number of nitrogens with two attached hydrogens (primary N) is 2. The third-order valence-corrected chi connectivity index (χ3v) is 5.76. The van der Waals surface area contributed by atoms with E-state index in [1.165, 1.54) is 5.56 Å². The topological polar surface area (TPSA) is 128 Å². The van der Waals surface area contributed by atoms with Crippen LogP contribution < -0.4 is 21.9 Å². The molecular formula is C22H31N7O2. The highest BCUT2D eigenvalue weighted by Crippen LogP contribution is 2.19. The third kappa shape index (κ3) is 5.05. The number of piperidine rings is 1. The maximum atomic E-state index is 12.5. The number of nitrogens with zero attached hydrogens (tertiary/aromatic N) is 4. The van der Waals surface area contributed by atoms with E-state index in [0.29, 0.717) is 30.4 Å². The van der Waals surface area contributed by atoms with Crippen LogP contribution in [-0.4, -0.2) is 50.2 Å². The molecule has 3 aromatic rings. The molecule has 0 spiro atoms. The van der Waals surface area contributed by atoms with Gasteiger partial charge < -0.3 is 21.2 Å². The van der Waals surface area contributed by atoms with E-state index in [-0.39, 0.29) is 17.5 Å². The number of fused-ring (bicyclic) bond motifs is 1. The van der Waals surface area contributed by atoms with E-state index in [0.717, 1.165) is 50.9 Å². The lowest BCUT2D eigenvalue weighted by atomic mass is 10.0. The predicted molar refractivity (Wildman–Crippen MR) is 121 cm³/mol. The zero-order chi connectivity index (χ0) is 21.8. The SMILES string of the molecule is CCCCOc1nc(N)c2[nH]c(=O)n(Cc3ccc(CN4CCC(N)CC4)cc3)c2n1. The molecule has 9 nitrogen and oxygen atoms in total. The molecule has 0 radical (unpaired) electrons. The van der Waals surface area contributed by atoms with Crippen LogP contribution in [0, 0.1) is 0 Å². The van der Waals surface area contributed by atoms with Crippen molar-refractivity contribution in [2.45, 2.75) is 51.7 Å². The molecule has 166 valence electrons. The summed E-state index contributed by atoms with van der Waals surface area (Å²) in [7, 11) is 0. The van der Waals surface area contributed by atoms with E-state index in [4.69, 9.17) is 16.2 Å². The minimum atomic E-state index is -0.268. The van der Waals surface area contributed by atoms with Crippen molar-refractivity contribution >= 4 is 17.0 Å². The average molecular weight is 426 g/mol. The first-order chi connectivity index (χ1) is 15.0. The number of imidazole rings is 1. The number of anilines is 1. The van der Waals surface area contributed by atoms with Crippen LogP contribution in [0.4, 0.5) is 5.82 Å². The second kappa shape index (κ2) is 9.49. The summed E-state index contributed by atoms with van der Waals surface area (Å²) >= 11 is 0. The highest BCUT2D eigenvalue weighted by Gasteiger charge is 2.17. The van der Waals surface area contributed by atoms with E-state index >= 15 is 0 Å². The monoisotopic (exact) mass is 425 g/mol. The number of hydrogen-bond acceptors (Lipinski definition) is 7. The first-order valence-corrected chi connectivity index (χ1v) is 11.0. The van der Waals surface area contributed by atoms with E-state index in [1.54, 1.807) is 4.57 Å². The zero-order valence-corrected chi connectivity index (χ0v) is 18.0. The van der Waals surface area contributed by atoms with E-state index in [9.17, 15) is 4.79 Å². The number of aromatic nitrogens is 4. The molecule has 0 atom stereocenters. The number of benzene rings is 1. The van der Waals surface area contributed by atoms with Gasteiger partial charge in [0.15, 0.2) is 11.5 Å². The average Bonchev–Trinajstić information content (AvgIpc) is 3.07. The maximum absolute atomic E-state index is 12.5. The molecule has 1 saturated heterocycles. The van der Waals surface area contributed by atoms with Crippen molar-refractivity contribution in [3.63, 3.8) is 0 Å². The van der Waals surface area contributed by atoms with Crippen LogP contribution in [-0.2, 0) is 13.1 Å². The largest absolute Gasteiger partial charge is 0.463 e. The van der Waals surface area contributed by atoms with Crippen LogP contribution in [0.15, 0.2) is 29.1 Å². The number of H-pyrrole nitrogens is 1. The molecule has 1 aliphatic heterocycles. The van der Waals surface area contributed by atoms with E-state index in [1.807, 2.05) is 0 Å². The van der Waals surface area contributed by atoms with Crippen molar-refractivity contribution in [2.75, 3.05) is 25.4 Å². The minimum Gasteiger partial charge on any atom is -0.463 e. The second-order valence-corrected chi connectivity index (χ2v) is 8.24. The molecule has 4 rings (SSSR count). The Balaban J connectivity index is 1.49. The maximum Gasteiger partial charge on any atom is 0.328 e. The summed E-state index contributed by atoms with van der Waals surface area (Å²) < 4.78 is 7.17. The Morgan fingerprint density at radius 1 is 1.13 bits per heavy atom. The molecule has 31 heavy (non-hydrogen) atoms. The molecular weight excluding hydrogens is 394 g/mol. The van der Waals surface area contributed by atoms with Crippen molar-refractivity contribution in [1.82, 2.24) is 24.4 Å². The van der Waals surface area contributed by atoms with Gasteiger partial charge in [0.05, 0.1) is 13.2 Å². The molecule has 1 fully saturated rings.